The first kappa shape index (κ1) is 22.1. The second kappa shape index (κ2) is 10.5. The van der Waals surface area contributed by atoms with Crippen molar-refractivity contribution in [2.75, 3.05) is 6.54 Å². The number of amides is 1. The Kier molecular flexibility index (Phi) is 7.23. The van der Waals surface area contributed by atoms with Crippen LogP contribution in [0.3, 0.4) is 0 Å². The standard InChI is InChI=1S/C27H28ClN3O/c1-20-14-16-21(17-15-20)27(32)29-18-8-2-3-13-26-30-24-11-6-7-12-25(24)31(26)19-22-9-4-5-10-23(22)28/h4-7,9-12,14-17H,2-3,8,13,18-19H2,1H3,(H,29,32). The first-order chi connectivity index (χ1) is 15.6. The Labute approximate surface area is 194 Å². The van der Waals surface area contributed by atoms with Gasteiger partial charge in [-0.15, -0.1) is 0 Å². The maximum atomic E-state index is 12.2. The van der Waals surface area contributed by atoms with Crippen LogP contribution < -0.4 is 5.32 Å². The van der Waals surface area contributed by atoms with Crippen LogP contribution in [0.5, 0.6) is 0 Å². The van der Waals surface area contributed by atoms with Crippen molar-refractivity contribution in [2.45, 2.75) is 39.2 Å². The Bertz CT molecular complexity index is 1200. The van der Waals surface area contributed by atoms with E-state index in [1.165, 1.54) is 0 Å². The van der Waals surface area contributed by atoms with Gasteiger partial charge in [0, 0.05) is 23.6 Å². The summed E-state index contributed by atoms with van der Waals surface area (Å²) in [5.74, 6) is 1.07. The molecule has 4 nitrogen and oxygen atoms in total. The molecule has 0 spiro atoms. The first-order valence-corrected chi connectivity index (χ1v) is 11.5. The molecule has 0 aliphatic heterocycles. The van der Waals surface area contributed by atoms with Crippen LogP contribution in [0.4, 0.5) is 0 Å². The highest BCUT2D eigenvalue weighted by Gasteiger charge is 2.12. The zero-order chi connectivity index (χ0) is 22.3. The number of imidazole rings is 1. The Morgan fingerprint density at radius 2 is 1.69 bits per heavy atom. The highest BCUT2D eigenvalue weighted by molar-refractivity contribution is 6.31. The SMILES string of the molecule is Cc1ccc(C(=O)NCCCCCc2nc3ccccc3n2Cc2ccccc2Cl)cc1. The lowest BCUT2D eigenvalue weighted by atomic mass is 10.1. The number of nitrogens with zero attached hydrogens (tertiary/aromatic N) is 2. The molecule has 0 fully saturated rings. The van der Waals surface area contributed by atoms with Crippen molar-refractivity contribution in [3.8, 4) is 0 Å². The molecule has 0 aliphatic carbocycles. The van der Waals surface area contributed by atoms with Crippen LogP contribution >= 0.6 is 11.6 Å². The number of halogens is 1. The minimum atomic E-state index is -0.00784. The lowest BCUT2D eigenvalue weighted by Crippen LogP contribution is -2.24. The van der Waals surface area contributed by atoms with E-state index in [0.29, 0.717) is 18.7 Å². The van der Waals surface area contributed by atoms with E-state index in [4.69, 9.17) is 16.6 Å². The number of unbranched alkanes of at least 4 members (excludes halogenated alkanes) is 2. The molecule has 0 aliphatic rings. The first-order valence-electron chi connectivity index (χ1n) is 11.1. The fourth-order valence-electron chi connectivity index (χ4n) is 3.88. The van der Waals surface area contributed by atoms with Crippen LogP contribution in [0, 0.1) is 6.92 Å². The normalized spacial score (nSPS) is 11.1. The molecule has 0 atom stereocenters. The fraction of sp³-hybridized carbons (Fsp3) is 0.259. The van der Waals surface area contributed by atoms with Crippen molar-refractivity contribution in [3.05, 3.63) is 100 Å². The summed E-state index contributed by atoms with van der Waals surface area (Å²) in [4.78, 5) is 17.1. The van der Waals surface area contributed by atoms with E-state index in [9.17, 15) is 4.79 Å². The van der Waals surface area contributed by atoms with Crippen LogP contribution in [0.25, 0.3) is 11.0 Å². The molecule has 0 bridgehead atoms. The predicted octanol–water partition coefficient (Wildman–Crippen LogP) is 6.19. The molecule has 0 saturated heterocycles. The van der Waals surface area contributed by atoms with Crippen molar-refractivity contribution in [1.29, 1.82) is 0 Å². The van der Waals surface area contributed by atoms with E-state index in [-0.39, 0.29) is 5.91 Å². The molecular weight excluding hydrogens is 418 g/mol. The second-order valence-corrected chi connectivity index (χ2v) is 8.53. The molecule has 0 radical (unpaired) electrons. The van der Waals surface area contributed by atoms with Gasteiger partial charge < -0.3 is 9.88 Å². The molecule has 4 aromatic rings. The smallest absolute Gasteiger partial charge is 0.251 e. The number of rotatable bonds is 9. The van der Waals surface area contributed by atoms with Crippen LogP contribution in [0.2, 0.25) is 5.02 Å². The number of aromatic nitrogens is 2. The second-order valence-electron chi connectivity index (χ2n) is 8.13. The van der Waals surface area contributed by atoms with Gasteiger partial charge in [-0.3, -0.25) is 4.79 Å². The van der Waals surface area contributed by atoms with E-state index < -0.39 is 0 Å². The number of carbonyl (C=O) groups is 1. The zero-order valence-electron chi connectivity index (χ0n) is 18.4. The number of hydrogen-bond acceptors (Lipinski definition) is 2. The molecule has 4 rings (SSSR count). The number of nitrogens with one attached hydrogen (secondary N) is 1. The van der Waals surface area contributed by atoms with Gasteiger partial charge in [0.2, 0.25) is 0 Å². The Balaban J connectivity index is 1.33. The summed E-state index contributed by atoms with van der Waals surface area (Å²) >= 11 is 6.42. The number of carbonyl (C=O) groups excluding carboxylic acids is 1. The van der Waals surface area contributed by atoms with Gasteiger partial charge >= 0.3 is 0 Å². The van der Waals surface area contributed by atoms with Crippen molar-refractivity contribution in [3.63, 3.8) is 0 Å². The summed E-state index contributed by atoms with van der Waals surface area (Å²) in [6.45, 7) is 3.41. The largest absolute Gasteiger partial charge is 0.352 e. The average molecular weight is 446 g/mol. The molecular formula is C27H28ClN3O. The summed E-state index contributed by atoms with van der Waals surface area (Å²) < 4.78 is 2.27. The van der Waals surface area contributed by atoms with Gasteiger partial charge in [-0.1, -0.05) is 66.0 Å². The molecule has 164 valence electrons. The summed E-state index contributed by atoms with van der Waals surface area (Å²) in [7, 11) is 0. The molecule has 1 N–H and O–H groups in total. The Morgan fingerprint density at radius 3 is 2.50 bits per heavy atom. The van der Waals surface area contributed by atoms with Gasteiger partial charge in [-0.05, 0) is 55.7 Å². The van der Waals surface area contributed by atoms with E-state index in [1.54, 1.807) is 0 Å². The number of benzene rings is 3. The predicted molar refractivity (Wildman–Crippen MR) is 131 cm³/mol. The lowest BCUT2D eigenvalue weighted by molar-refractivity contribution is 0.0953. The van der Waals surface area contributed by atoms with Crippen LogP contribution in [0.1, 0.15) is 46.6 Å². The molecule has 0 unspecified atom stereocenters. The molecule has 0 saturated carbocycles. The van der Waals surface area contributed by atoms with Crippen molar-refractivity contribution < 1.29 is 4.79 Å². The quantitative estimate of drug-likeness (QED) is 0.312. The monoisotopic (exact) mass is 445 g/mol. The van der Waals surface area contributed by atoms with Crippen LogP contribution in [0.15, 0.2) is 72.8 Å². The third kappa shape index (κ3) is 5.38. The molecule has 3 aromatic carbocycles. The van der Waals surface area contributed by atoms with Crippen molar-refractivity contribution in [1.82, 2.24) is 14.9 Å². The average Bonchev–Trinajstić information content (AvgIpc) is 3.15. The maximum Gasteiger partial charge on any atom is 0.251 e. The Hall–Kier alpha value is -3.11. The molecule has 1 heterocycles. The number of fused-ring (bicyclic) bond motifs is 1. The van der Waals surface area contributed by atoms with E-state index >= 15 is 0 Å². The minimum Gasteiger partial charge on any atom is -0.352 e. The Morgan fingerprint density at radius 1 is 0.938 bits per heavy atom. The molecule has 32 heavy (non-hydrogen) atoms. The minimum absolute atomic E-state index is 0.00784. The zero-order valence-corrected chi connectivity index (χ0v) is 19.1. The number of para-hydroxylation sites is 2. The van der Waals surface area contributed by atoms with Crippen LogP contribution in [-0.4, -0.2) is 22.0 Å². The topological polar surface area (TPSA) is 46.9 Å². The lowest BCUT2D eigenvalue weighted by Gasteiger charge is -2.11. The van der Waals surface area contributed by atoms with Gasteiger partial charge in [0.05, 0.1) is 17.6 Å². The van der Waals surface area contributed by atoms with Crippen molar-refractivity contribution in [2.24, 2.45) is 0 Å². The molecule has 5 heteroatoms. The third-order valence-electron chi connectivity index (χ3n) is 5.70. The van der Waals surface area contributed by atoms with Gasteiger partial charge in [0.1, 0.15) is 5.82 Å². The van der Waals surface area contributed by atoms with Gasteiger partial charge in [-0.2, -0.15) is 0 Å². The van der Waals surface area contributed by atoms with Crippen molar-refractivity contribution >= 4 is 28.5 Å². The molecule has 1 amide bonds. The van der Waals surface area contributed by atoms with E-state index in [1.807, 2.05) is 61.5 Å². The molecule has 1 aromatic heterocycles. The fourth-order valence-corrected chi connectivity index (χ4v) is 4.08. The third-order valence-corrected chi connectivity index (χ3v) is 6.07. The van der Waals surface area contributed by atoms with E-state index in [2.05, 4.69) is 28.1 Å². The van der Waals surface area contributed by atoms with Gasteiger partial charge in [-0.25, -0.2) is 4.98 Å². The van der Waals surface area contributed by atoms with Crippen LogP contribution in [-0.2, 0) is 13.0 Å². The number of aryl methyl sites for hydroxylation is 2. The number of hydrogen-bond donors (Lipinski definition) is 1. The van der Waals surface area contributed by atoms with E-state index in [0.717, 1.165) is 58.7 Å². The maximum absolute atomic E-state index is 12.2. The highest BCUT2D eigenvalue weighted by Crippen LogP contribution is 2.22. The summed E-state index contributed by atoms with van der Waals surface area (Å²) in [6.07, 6.45) is 3.89. The summed E-state index contributed by atoms with van der Waals surface area (Å²) in [5.41, 5.74) is 5.11. The summed E-state index contributed by atoms with van der Waals surface area (Å²) in [6, 6.07) is 23.9. The van der Waals surface area contributed by atoms with Gasteiger partial charge in [0.15, 0.2) is 0 Å². The highest BCUT2D eigenvalue weighted by atomic mass is 35.5. The summed E-state index contributed by atoms with van der Waals surface area (Å²) in [5, 5.41) is 3.79. The van der Waals surface area contributed by atoms with Gasteiger partial charge in [0.25, 0.3) is 5.91 Å².